The molecule has 7 heteroatoms. The van der Waals surface area contributed by atoms with E-state index in [0.717, 1.165) is 0 Å². The number of nitrogens with two attached hydrogens (primary N) is 1. The number of halogens is 3. The summed E-state index contributed by atoms with van der Waals surface area (Å²) in [5.41, 5.74) is 6.20. The van der Waals surface area contributed by atoms with E-state index in [1.807, 2.05) is 0 Å². The van der Waals surface area contributed by atoms with Gasteiger partial charge in [-0.1, -0.05) is 15.9 Å². The van der Waals surface area contributed by atoms with Crippen molar-refractivity contribution in [1.82, 2.24) is 0 Å². The minimum absolute atomic E-state index is 0.0566. The maximum atomic E-state index is 12.5. The lowest BCUT2D eigenvalue weighted by molar-refractivity contribution is 0.153. The van der Waals surface area contributed by atoms with Crippen LogP contribution >= 0.6 is 15.9 Å². The summed E-state index contributed by atoms with van der Waals surface area (Å²) in [6.07, 6.45) is -2.53. The van der Waals surface area contributed by atoms with Gasteiger partial charge in [-0.3, -0.25) is 5.41 Å². The van der Waals surface area contributed by atoms with E-state index in [2.05, 4.69) is 15.9 Å². The first-order valence-corrected chi connectivity index (χ1v) is 6.03. The second kappa shape index (κ2) is 6.65. The van der Waals surface area contributed by atoms with E-state index in [1.54, 1.807) is 18.2 Å². The van der Waals surface area contributed by atoms with E-state index >= 15 is 0 Å². The summed E-state index contributed by atoms with van der Waals surface area (Å²) < 4.78 is 25.7. The Labute approximate surface area is 112 Å². The Kier molecular flexibility index (Phi) is 5.49. The van der Waals surface area contributed by atoms with Crippen LogP contribution in [0.1, 0.15) is 5.56 Å². The Hall–Kier alpha value is -1.21. The molecule has 4 N–H and O–H groups in total. The smallest absolute Gasteiger partial charge is 0.255 e. The maximum absolute atomic E-state index is 12.5. The summed E-state index contributed by atoms with van der Waals surface area (Å²) in [6.45, 7) is -0.713. The van der Waals surface area contributed by atoms with E-state index in [4.69, 9.17) is 16.2 Å². The number of anilines is 1. The fourth-order valence-corrected chi connectivity index (χ4v) is 1.94. The third kappa shape index (κ3) is 3.92. The normalized spacial score (nSPS) is 10.7. The quantitative estimate of drug-likeness (QED) is 0.552. The number of benzene rings is 1. The predicted molar refractivity (Wildman–Crippen MR) is 70.5 cm³/mol. The van der Waals surface area contributed by atoms with Gasteiger partial charge in [0.2, 0.25) is 0 Å². The third-order valence-electron chi connectivity index (χ3n) is 2.32. The molecule has 0 saturated heterocycles. The fraction of sp³-hybridized carbons (Fsp3) is 0.364. The van der Waals surface area contributed by atoms with Crippen LogP contribution in [0, 0.1) is 5.41 Å². The van der Waals surface area contributed by atoms with Crippen molar-refractivity contribution in [3.63, 3.8) is 0 Å². The molecule has 100 valence electrons. The van der Waals surface area contributed by atoms with E-state index in [9.17, 15) is 8.78 Å². The van der Waals surface area contributed by atoms with Gasteiger partial charge in [-0.15, -0.1) is 0 Å². The second-order valence-corrected chi connectivity index (χ2v) is 4.55. The average molecular weight is 322 g/mol. The molecule has 1 aromatic carbocycles. The lowest BCUT2D eigenvalue weighted by atomic mass is 10.1. The lowest BCUT2D eigenvalue weighted by Gasteiger charge is -2.26. The number of alkyl halides is 2. The molecule has 0 aliphatic heterocycles. The number of rotatable bonds is 6. The molecule has 0 amide bonds. The molecule has 0 heterocycles. The van der Waals surface area contributed by atoms with Crippen LogP contribution in [0.5, 0.6) is 0 Å². The van der Waals surface area contributed by atoms with Gasteiger partial charge in [-0.2, -0.15) is 0 Å². The summed E-state index contributed by atoms with van der Waals surface area (Å²) in [7, 11) is 0. The second-order valence-electron chi connectivity index (χ2n) is 3.64. The van der Waals surface area contributed by atoms with Crippen LogP contribution in [0.15, 0.2) is 22.7 Å². The van der Waals surface area contributed by atoms with Crippen LogP contribution in [-0.2, 0) is 0 Å². The van der Waals surface area contributed by atoms with Gasteiger partial charge in [-0.25, -0.2) is 8.78 Å². The summed E-state index contributed by atoms with van der Waals surface area (Å²) >= 11 is 3.24. The molecule has 0 bridgehead atoms. The van der Waals surface area contributed by atoms with Gasteiger partial charge in [0.1, 0.15) is 5.84 Å². The largest absolute Gasteiger partial charge is 0.395 e. The molecule has 0 unspecified atom stereocenters. The summed E-state index contributed by atoms with van der Waals surface area (Å²) in [5.74, 6) is -0.199. The highest BCUT2D eigenvalue weighted by Crippen LogP contribution is 2.25. The van der Waals surface area contributed by atoms with E-state index in [0.29, 0.717) is 15.7 Å². The number of nitrogens with one attached hydrogen (secondary N) is 1. The van der Waals surface area contributed by atoms with E-state index in [1.165, 1.54) is 4.90 Å². The minimum atomic E-state index is -2.53. The van der Waals surface area contributed by atoms with Crippen molar-refractivity contribution in [2.75, 3.05) is 24.6 Å². The molecule has 0 aromatic heterocycles. The highest BCUT2D eigenvalue weighted by atomic mass is 79.9. The van der Waals surface area contributed by atoms with Crippen molar-refractivity contribution in [3.05, 3.63) is 28.2 Å². The molecular weight excluding hydrogens is 308 g/mol. The van der Waals surface area contributed by atoms with Crippen molar-refractivity contribution < 1.29 is 13.9 Å². The number of hydrogen-bond donors (Lipinski definition) is 3. The van der Waals surface area contributed by atoms with Gasteiger partial charge in [0.15, 0.2) is 0 Å². The molecule has 0 saturated carbocycles. The zero-order valence-corrected chi connectivity index (χ0v) is 11.1. The molecule has 18 heavy (non-hydrogen) atoms. The number of nitrogen functional groups attached to an aromatic ring is 1. The van der Waals surface area contributed by atoms with Crippen LogP contribution in [0.3, 0.4) is 0 Å². The molecule has 4 nitrogen and oxygen atoms in total. The molecule has 0 radical (unpaired) electrons. The van der Waals surface area contributed by atoms with Crippen LogP contribution in [0.25, 0.3) is 0 Å². The number of hydrogen-bond acceptors (Lipinski definition) is 3. The van der Waals surface area contributed by atoms with Gasteiger partial charge < -0.3 is 15.7 Å². The molecule has 0 aliphatic carbocycles. The van der Waals surface area contributed by atoms with Crippen molar-refractivity contribution in [2.24, 2.45) is 5.73 Å². The predicted octanol–water partition coefficient (Wildman–Crippen LogP) is 1.80. The van der Waals surface area contributed by atoms with Gasteiger partial charge in [-0.05, 0) is 18.2 Å². The SMILES string of the molecule is N=C(N)c1ccc(Br)cc1N(CCO)CC(F)F. The average Bonchev–Trinajstić information content (AvgIpc) is 2.27. The van der Waals surface area contributed by atoms with Crippen molar-refractivity contribution in [1.29, 1.82) is 5.41 Å². The van der Waals surface area contributed by atoms with Crippen LogP contribution in [-0.4, -0.2) is 37.1 Å². The Morgan fingerprint density at radius 1 is 1.50 bits per heavy atom. The first-order valence-electron chi connectivity index (χ1n) is 5.23. The molecule has 0 fully saturated rings. The Morgan fingerprint density at radius 2 is 2.17 bits per heavy atom. The first kappa shape index (κ1) is 14.8. The van der Waals surface area contributed by atoms with Crippen molar-refractivity contribution >= 4 is 27.5 Å². The van der Waals surface area contributed by atoms with Gasteiger partial charge >= 0.3 is 0 Å². The zero-order valence-electron chi connectivity index (χ0n) is 9.54. The Bertz CT molecular complexity index is 429. The third-order valence-corrected chi connectivity index (χ3v) is 2.81. The molecule has 1 aromatic rings. The molecule has 0 aliphatic rings. The van der Waals surface area contributed by atoms with Crippen LogP contribution < -0.4 is 10.6 Å². The van der Waals surface area contributed by atoms with Gasteiger partial charge in [0.25, 0.3) is 6.43 Å². The zero-order chi connectivity index (χ0) is 13.7. The highest BCUT2D eigenvalue weighted by Gasteiger charge is 2.17. The maximum Gasteiger partial charge on any atom is 0.255 e. The topological polar surface area (TPSA) is 73.3 Å². The van der Waals surface area contributed by atoms with Crippen LogP contribution in [0.2, 0.25) is 0 Å². The van der Waals surface area contributed by atoms with Gasteiger partial charge in [0.05, 0.1) is 13.2 Å². The van der Waals surface area contributed by atoms with E-state index < -0.39 is 13.0 Å². The lowest BCUT2D eigenvalue weighted by Crippen LogP contribution is -2.33. The minimum Gasteiger partial charge on any atom is -0.395 e. The molecule has 0 spiro atoms. The number of amidine groups is 1. The molecular formula is C11H14BrF2N3O. The van der Waals surface area contributed by atoms with Gasteiger partial charge in [0, 0.05) is 22.3 Å². The monoisotopic (exact) mass is 321 g/mol. The fourth-order valence-electron chi connectivity index (χ4n) is 1.59. The van der Waals surface area contributed by atoms with Crippen LogP contribution in [0.4, 0.5) is 14.5 Å². The summed E-state index contributed by atoms with van der Waals surface area (Å²) in [4.78, 5) is 1.31. The summed E-state index contributed by atoms with van der Waals surface area (Å²) in [6, 6.07) is 4.87. The number of aliphatic hydroxyl groups is 1. The first-order chi connectivity index (χ1) is 8.45. The van der Waals surface area contributed by atoms with E-state index in [-0.39, 0.29) is 19.0 Å². The van der Waals surface area contributed by atoms with Crippen molar-refractivity contribution in [3.8, 4) is 0 Å². The Morgan fingerprint density at radius 3 is 2.67 bits per heavy atom. The molecule has 0 atom stereocenters. The number of aliphatic hydroxyl groups excluding tert-OH is 1. The number of nitrogens with zero attached hydrogens (tertiary/aromatic N) is 1. The standard InChI is InChI=1S/C11H14BrF2N3O/c12-7-1-2-8(11(15)16)9(5-7)17(3-4-18)6-10(13)14/h1-2,5,10,18H,3-4,6H2,(H3,15,16). The van der Waals surface area contributed by atoms with Crippen molar-refractivity contribution in [2.45, 2.75) is 6.43 Å². The Balaban J connectivity index is 3.15. The summed E-state index contributed by atoms with van der Waals surface area (Å²) in [5, 5.41) is 16.4. The highest BCUT2D eigenvalue weighted by molar-refractivity contribution is 9.10. The molecule has 1 rings (SSSR count).